The first kappa shape index (κ1) is 8.18. The molecule has 1 aromatic heterocycles. The number of nitrogens with zero attached hydrogens (tertiary/aromatic N) is 2. The first-order valence-electron chi connectivity index (χ1n) is 4.22. The maximum atomic E-state index is 13.4. The van der Waals surface area contributed by atoms with E-state index in [9.17, 15) is 4.39 Å². The summed E-state index contributed by atoms with van der Waals surface area (Å²) in [5, 5.41) is 8.85. The second kappa shape index (κ2) is 2.53. The van der Waals surface area contributed by atoms with Gasteiger partial charge >= 0.3 is 0 Å². The number of pyridine rings is 1. The second-order valence-corrected chi connectivity index (χ2v) is 3.54. The van der Waals surface area contributed by atoms with Crippen LogP contribution in [-0.2, 0) is 5.41 Å². The van der Waals surface area contributed by atoms with Crippen LogP contribution in [0.4, 0.5) is 4.39 Å². The van der Waals surface area contributed by atoms with Crippen molar-refractivity contribution >= 4 is 0 Å². The number of halogens is 1. The Hall–Kier alpha value is -1.43. The van der Waals surface area contributed by atoms with Crippen LogP contribution in [0.25, 0.3) is 0 Å². The summed E-state index contributed by atoms with van der Waals surface area (Å²) in [6.45, 7) is 1.78. The Morgan fingerprint density at radius 3 is 2.77 bits per heavy atom. The molecule has 0 N–H and O–H groups in total. The van der Waals surface area contributed by atoms with Crippen molar-refractivity contribution in [2.45, 2.75) is 25.2 Å². The average molecular weight is 176 g/mol. The SMILES string of the molecule is Cc1cnc(C2(C#N)CC2)c(F)c1. The minimum atomic E-state index is -0.613. The van der Waals surface area contributed by atoms with Crippen molar-refractivity contribution in [1.82, 2.24) is 4.98 Å². The lowest BCUT2D eigenvalue weighted by Gasteiger charge is -2.06. The maximum absolute atomic E-state index is 13.4. The molecule has 13 heavy (non-hydrogen) atoms. The molecule has 2 nitrogen and oxygen atoms in total. The van der Waals surface area contributed by atoms with Crippen molar-refractivity contribution in [3.63, 3.8) is 0 Å². The quantitative estimate of drug-likeness (QED) is 0.656. The molecule has 0 unspecified atom stereocenters. The maximum Gasteiger partial charge on any atom is 0.146 e. The summed E-state index contributed by atoms with van der Waals surface area (Å²) in [4.78, 5) is 3.99. The second-order valence-electron chi connectivity index (χ2n) is 3.54. The molecular formula is C10H9FN2. The fourth-order valence-electron chi connectivity index (χ4n) is 1.41. The topological polar surface area (TPSA) is 36.7 Å². The van der Waals surface area contributed by atoms with Crippen LogP contribution in [0.15, 0.2) is 12.3 Å². The standard InChI is InChI=1S/C10H9FN2/c1-7-4-8(11)9(13-5-7)10(6-12)2-3-10/h4-5H,2-3H2,1H3. The molecule has 0 aromatic carbocycles. The highest BCUT2D eigenvalue weighted by atomic mass is 19.1. The third-order valence-corrected chi connectivity index (χ3v) is 2.40. The van der Waals surface area contributed by atoms with Gasteiger partial charge in [0.05, 0.1) is 11.8 Å². The van der Waals surface area contributed by atoms with E-state index in [0.29, 0.717) is 5.69 Å². The molecule has 1 aromatic rings. The average Bonchev–Trinajstić information content (AvgIpc) is 2.85. The van der Waals surface area contributed by atoms with E-state index in [2.05, 4.69) is 11.1 Å². The molecule has 0 amide bonds. The lowest BCUT2D eigenvalue weighted by molar-refractivity contribution is 0.584. The highest BCUT2D eigenvalue weighted by molar-refractivity contribution is 5.35. The summed E-state index contributed by atoms with van der Waals surface area (Å²) in [5.74, 6) is -0.348. The van der Waals surface area contributed by atoms with Gasteiger partial charge in [-0.25, -0.2) is 4.39 Å². The summed E-state index contributed by atoms with van der Waals surface area (Å²) in [6.07, 6.45) is 3.07. The Kier molecular flexibility index (Phi) is 1.59. The van der Waals surface area contributed by atoms with E-state index in [0.717, 1.165) is 18.4 Å². The summed E-state index contributed by atoms with van der Waals surface area (Å²) in [6, 6.07) is 3.56. The summed E-state index contributed by atoms with van der Waals surface area (Å²) in [7, 11) is 0. The monoisotopic (exact) mass is 176 g/mol. The molecule has 3 heteroatoms. The smallest absolute Gasteiger partial charge is 0.146 e. The lowest BCUT2D eigenvalue weighted by atomic mass is 10.0. The van der Waals surface area contributed by atoms with E-state index >= 15 is 0 Å². The molecule has 66 valence electrons. The van der Waals surface area contributed by atoms with Gasteiger partial charge in [0.15, 0.2) is 0 Å². The number of hydrogen-bond donors (Lipinski definition) is 0. The minimum absolute atomic E-state index is 0.320. The number of hydrogen-bond acceptors (Lipinski definition) is 2. The number of nitriles is 1. The van der Waals surface area contributed by atoms with E-state index in [4.69, 9.17) is 5.26 Å². The number of aromatic nitrogens is 1. The van der Waals surface area contributed by atoms with Gasteiger partial charge in [-0.2, -0.15) is 5.26 Å². The van der Waals surface area contributed by atoms with E-state index in [1.165, 1.54) is 6.07 Å². The summed E-state index contributed by atoms with van der Waals surface area (Å²) >= 11 is 0. The van der Waals surface area contributed by atoms with Crippen LogP contribution in [-0.4, -0.2) is 4.98 Å². The fourth-order valence-corrected chi connectivity index (χ4v) is 1.41. The fraction of sp³-hybridized carbons (Fsp3) is 0.400. The van der Waals surface area contributed by atoms with Gasteiger partial charge in [0.1, 0.15) is 11.2 Å². The van der Waals surface area contributed by atoms with Crippen LogP contribution < -0.4 is 0 Å². The van der Waals surface area contributed by atoms with Gasteiger partial charge in [-0.3, -0.25) is 4.98 Å². The predicted octanol–water partition coefficient (Wildman–Crippen LogP) is 2.08. The molecule has 0 spiro atoms. The van der Waals surface area contributed by atoms with Gasteiger partial charge in [-0.15, -0.1) is 0 Å². The van der Waals surface area contributed by atoms with Crippen molar-refractivity contribution in [2.24, 2.45) is 0 Å². The molecule has 1 aliphatic carbocycles. The van der Waals surface area contributed by atoms with Crippen LogP contribution in [0.2, 0.25) is 0 Å². The number of aryl methyl sites for hydroxylation is 1. The third-order valence-electron chi connectivity index (χ3n) is 2.40. The van der Waals surface area contributed by atoms with E-state index in [-0.39, 0.29) is 5.82 Å². The van der Waals surface area contributed by atoms with Gasteiger partial charge in [0, 0.05) is 6.20 Å². The van der Waals surface area contributed by atoms with Crippen LogP contribution in [0, 0.1) is 24.1 Å². The van der Waals surface area contributed by atoms with Crippen molar-refractivity contribution < 1.29 is 4.39 Å². The molecule has 0 atom stereocenters. The van der Waals surface area contributed by atoms with Crippen molar-refractivity contribution in [2.75, 3.05) is 0 Å². The highest BCUT2D eigenvalue weighted by Gasteiger charge is 2.48. The van der Waals surface area contributed by atoms with Gasteiger partial charge in [-0.1, -0.05) is 0 Å². The van der Waals surface area contributed by atoms with Crippen LogP contribution in [0.5, 0.6) is 0 Å². The highest BCUT2D eigenvalue weighted by Crippen LogP contribution is 2.47. The molecule has 0 bridgehead atoms. The van der Waals surface area contributed by atoms with Gasteiger partial charge < -0.3 is 0 Å². The van der Waals surface area contributed by atoms with Crippen molar-refractivity contribution in [3.05, 3.63) is 29.3 Å². The molecule has 1 saturated carbocycles. The van der Waals surface area contributed by atoms with Crippen molar-refractivity contribution in [3.8, 4) is 6.07 Å². The first-order chi connectivity index (χ1) is 6.18. The normalized spacial score (nSPS) is 17.9. The summed E-state index contributed by atoms with van der Waals surface area (Å²) in [5.41, 5.74) is 0.494. The molecule has 1 aliphatic rings. The van der Waals surface area contributed by atoms with E-state index < -0.39 is 5.41 Å². The summed E-state index contributed by atoms with van der Waals surface area (Å²) < 4.78 is 13.4. The Labute approximate surface area is 76.0 Å². The zero-order valence-electron chi connectivity index (χ0n) is 7.34. The first-order valence-corrected chi connectivity index (χ1v) is 4.22. The molecular weight excluding hydrogens is 167 g/mol. The Balaban J connectivity index is 2.48. The van der Waals surface area contributed by atoms with Crippen LogP contribution in [0.1, 0.15) is 24.1 Å². The molecule has 1 fully saturated rings. The minimum Gasteiger partial charge on any atom is -0.256 e. The van der Waals surface area contributed by atoms with Gasteiger partial charge in [-0.05, 0) is 31.4 Å². The van der Waals surface area contributed by atoms with Gasteiger partial charge in [0.2, 0.25) is 0 Å². The van der Waals surface area contributed by atoms with Crippen LogP contribution >= 0.6 is 0 Å². The van der Waals surface area contributed by atoms with E-state index in [1.807, 2.05) is 0 Å². The predicted molar refractivity (Wildman–Crippen MR) is 45.5 cm³/mol. The Bertz CT molecular complexity index is 388. The van der Waals surface area contributed by atoms with Gasteiger partial charge in [0.25, 0.3) is 0 Å². The Morgan fingerprint density at radius 1 is 1.62 bits per heavy atom. The molecule has 1 heterocycles. The lowest BCUT2D eigenvalue weighted by Crippen LogP contribution is -2.08. The van der Waals surface area contributed by atoms with Crippen molar-refractivity contribution in [1.29, 1.82) is 5.26 Å². The molecule has 2 rings (SSSR count). The zero-order chi connectivity index (χ0) is 9.47. The van der Waals surface area contributed by atoms with E-state index in [1.54, 1.807) is 13.1 Å². The molecule has 0 radical (unpaired) electrons. The Morgan fingerprint density at radius 2 is 2.31 bits per heavy atom. The molecule has 0 aliphatic heterocycles. The zero-order valence-corrected chi connectivity index (χ0v) is 7.34. The number of rotatable bonds is 1. The van der Waals surface area contributed by atoms with Crippen LogP contribution in [0.3, 0.4) is 0 Å². The molecule has 0 saturated heterocycles. The third kappa shape index (κ3) is 1.19. The largest absolute Gasteiger partial charge is 0.256 e.